The highest BCUT2D eigenvalue weighted by atomic mass is 19.2. The molecule has 0 amide bonds. The van der Waals surface area contributed by atoms with Crippen molar-refractivity contribution in [2.45, 2.75) is 109 Å². The lowest BCUT2D eigenvalue weighted by atomic mass is 9.78. The Morgan fingerprint density at radius 1 is 0.696 bits per heavy atom. The summed E-state index contributed by atoms with van der Waals surface area (Å²) in [5.41, 5.74) is 3.50. The van der Waals surface area contributed by atoms with Crippen molar-refractivity contribution in [3.05, 3.63) is 107 Å². The molecule has 1 aliphatic carbocycles. The smallest absolute Gasteiger partial charge is 0.204 e. The van der Waals surface area contributed by atoms with Crippen LogP contribution in [0.15, 0.2) is 73.3 Å². The standard InChI is InChI=1S/C40H50F4O2/c1-3-5-6-7-8-9-10-30-13-17-33(18-14-30)35(41)25-27-45-37-23-24-38(40(44)39(37)43)46-28-26-36(42)34-21-19-32(20-22-34)31-15-11-29(4-2)12-16-31/h4,13-14,17-24,29,31,35-36H,2-3,5-12,15-16,25-28H2,1H3. The molecule has 0 saturated heterocycles. The molecule has 0 spiro atoms. The fourth-order valence-corrected chi connectivity index (χ4v) is 6.28. The quantitative estimate of drug-likeness (QED) is 0.0739. The summed E-state index contributed by atoms with van der Waals surface area (Å²) in [5, 5.41) is 0. The number of halogens is 4. The van der Waals surface area contributed by atoms with Gasteiger partial charge in [0.1, 0.15) is 12.3 Å². The van der Waals surface area contributed by atoms with Gasteiger partial charge in [0.05, 0.1) is 13.2 Å². The van der Waals surface area contributed by atoms with Crippen LogP contribution in [0.1, 0.15) is 124 Å². The molecule has 0 radical (unpaired) electrons. The molecule has 3 aromatic carbocycles. The van der Waals surface area contributed by atoms with E-state index in [-0.39, 0.29) is 37.6 Å². The molecule has 3 aromatic rings. The first-order valence-corrected chi connectivity index (χ1v) is 17.2. The molecule has 2 nitrogen and oxygen atoms in total. The number of allylic oxidation sites excluding steroid dienone is 1. The molecule has 6 heteroatoms. The maximum absolute atomic E-state index is 14.9. The van der Waals surface area contributed by atoms with Crippen LogP contribution in [0, 0.1) is 17.6 Å². The second-order valence-electron chi connectivity index (χ2n) is 12.7. The second kappa shape index (κ2) is 18.8. The van der Waals surface area contributed by atoms with E-state index in [0.29, 0.717) is 23.0 Å². The van der Waals surface area contributed by atoms with Crippen LogP contribution in [0.25, 0.3) is 0 Å². The molecule has 0 N–H and O–H groups in total. The normalized spacial score (nSPS) is 17.8. The summed E-state index contributed by atoms with van der Waals surface area (Å²) < 4.78 is 69.8. The van der Waals surface area contributed by atoms with Crippen molar-refractivity contribution >= 4 is 0 Å². The Balaban J connectivity index is 1.17. The molecule has 2 unspecified atom stereocenters. The first-order valence-electron chi connectivity index (χ1n) is 17.2. The van der Waals surface area contributed by atoms with Gasteiger partial charge < -0.3 is 9.47 Å². The summed E-state index contributed by atoms with van der Waals surface area (Å²) in [6.07, 6.45) is 12.4. The number of ether oxygens (including phenoxy) is 2. The molecule has 0 heterocycles. The minimum Gasteiger partial charge on any atom is -0.490 e. The fraction of sp³-hybridized carbons (Fsp3) is 0.500. The van der Waals surface area contributed by atoms with Gasteiger partial charge >= 0.3 is 0 Å². The fourth-order valence-electron chi connectivity index (χ4n) is 6.28. The number of hydrogen-bond donors (Lipinski definition) is 0. The van der Waals surface area contributed by atoms with Gasteiger partial charge in [-0.2, -0.15) is 8.78 Å². The van der Waals surface area contributed by atoms with Crippen LogP contribution in [-0.4, -0.2) is 13.2 Å². The van der Waals surface area contributed by atoms with E-state index >= 15 is 0 Å². The van der Waals surface area contributed by atoms with E-state index in [0.717, 1.165) is 38.5 Å². The van der Waals surface area contributed by atoms with Gasteiger partial charge in [0.2, 0.25) is 11.6 Å². The number of unbranched alkanes of at least 4 members (excludes halogenated alkanes) is 5. The van der Waals surface area contributed by atoms with Gasteiger partial charge in [-0.3, -0.25) is 0 Å². The van der Waals surface area contributed by atoms with Gasteiger partial charge in [0.15, 0.2) is 11.5 Å². The van der Waals surface area contributed by atoms with E-state index in [1.165, 1.54) is 55.4 Å². The predicted molar refractivity (Wildman–Crippen MR) is 179 cm³/mol. The predicted octanol–water partition coefficient (Wildman–Crippen LogP) is 12.3. The van der Waals surface area contributed by atoms with Crippen molar-refractivity contribution in [2.24, 2.45) is 5.92 Å². The Hall–Kier alpha value is -3.28. The van der Waals surface area contributed by atoms with Crippen molar-refractivity contribution in [2.75, 3.05) is 13.2 Å². The third kappa shape index (κ3) is 10.6. The minimum absolute atomic E-state index is 0.00101. The molecule has 46 heavy (non-hydrogen) atoms. The summed E-state index contributed by atoms with van der Waals surface area (Å²) in [6, 6.07) is 17.6. The molecular weight excluding hydrogens is 588 g/mol. The molecule has 2 atom stereocenters. The lowest BCUT2D eigenvalue weighted by Gasteiger charge is -2.27. The van der Waals surface area contributed by atoms with Crippen LogP contribution in [0.5, 0.6) is 11.5 Å². The molecule has 0 bridgehead atoms. The first-order chi connectivity index (χ1) is 22.4. The lowest BCUT2D eigenvalue weighted by Crippen LogP contribution is -2.11. The number of rotatable bonds is 19. The Morgan fingerprint density at radius 3 is 1.72 bits per heavy atom. The van der Waals surface area contributed by atoms with E-state index in [2.05, 4.69) is 13.5 Å². The number of hydrogen-bond acceptors (Lipinski definition) is 2. The number of alkyl halides is 2. The maximum atomic E-state index is 14.9. The van der Waals surface area contributed by atoms with Gasteiger partial charge in [0, 0.05) is 12.8 Å². The maximum Gasteiger partial charge on any atom is 0.204 e. The van der Waals surface area contributed by atoms with E-state index in [1.54, 1.807) is 24.3 Å². The largest absolute Gasteiger partial charge is 0.490 e. The monoisotopic (exact) mass is 638 g/mol. The Bertz CT molecular complexity index is 1320. The molecule has 4 rings (SSSR count). The highest BCUT2D eigenvalue weighted by Crippen LogP contribution is 2.37. The third-order valence-electron chi connectivity index (χ3n) is 9.30. The molecule has 1 fully saturated rings. The third-order valence-corrected chi connectivity index (χ3v) is 9.30. The lowest BCUT2D eigenvalue weighted by molar-refractivity contribution is 0.219. The minimum atomic E-state index is -1.29. The zero-order valence-electron chi connectivity index (χ0n) is 27.3. The zero-order valence-corrected chi connectivity index (χ0v) is 27.3. The van der Waals surface area contributed by atoms with Crippen LogP contribution in [0.4, 0.5) is 17.6 Å². The Labute approximate surface area is 273 Å². The topological polar surface area (TPSA) is 18.5 Å². The summed E-state index contributed by atoms with van der Waals surface area (Å²) in [7, 11) is 0. The molecule has 1 aliphatic rings. The van der Waals surface area contributed by atoms with Crippen LogP contribution in [0.3, 0.4) is 0 Å². The molecular formula is C40H50F4O2. The van der Waals surface area contributed by atoms with E-state index in [9.17, 15) is 17.6 Å². The van der Waals surface area contributed by atoms with Crippen LogP contribution >= 0.6 is 0 Å². The Morgan fingerprint density at radius 2 is 1.20 bits per heavy atom. The van der Waals surface area contributed by atoms with Crippen molar-refractivity contribution in [3.8, 4) is 11.5 Å². The highest BCUT2D eigenvalue weighted by Gasteiger charge is 2.22. The van der Waals surface area contributed by atoms with Gasteiger partial charge in [-0.1, -0.05) is 93.6 Å². The molecule has 0 aliphatic heterocycles. The Kier molecular flexibility index (Phi) is 14.5. The summed E-state index contributed by atoms with van der Waals surface area (Å²) >= 11 is 0. The van der Waals surface area contributed by atoms with Gasteiger partial charge in [-0.05, 0) is 84.7 Å². The summed E-state index contributed by atoms with van der Waals surface area (Å²) in [6.45, 7) is 5.87. The SMILES string of the molecule is C=CC1CCC(c2ccc(C(F)CCOc3ccc(OCCC(F)c4ccc(CCCCCCCC)cc4)c(F)c3F)cc2)CC1. The van der Waals surface area contributed by atoms with E-state index in [4.69, 9.17) is 9.47 Å². The average molecular weight is 639 g/mol. The second-order valence-corrected chi connectivity index (χ2v) is 12.7. The molecule has 1 saturated carbocycles. The first kappa shape index (κ1) is 35.6. The van der Waals surface area contributed by atoms with Crippen LogP contribution in [-0.2, 0) is 6.42 Å². The highest BCUT2D eigenvalue weighted by molar-refractivity contribution is 5.35. The number of aryl methyl sites for hydroxylation is 1. The van der Waals surface area contributed by atoms with Crippen LogP contribution in [0.2, 0.25) is 0 Å². The van der Waals surface area contributed by atoms with Crippen LogP contribution < -0.4 is 9.47 Å². The summed E-state index contributed by atoms with van der Waals surface area (Å²) in [4.78, 5) is 0. The summed E-state index contributed by atoms with van der Waals surface area (Å²) in [5.74, 6) is -1.95. The molecule has 250 valence electrons. The van der Waals surface area contributed by atoms with Crippen molar-refractivity contribution in [1.29, 1.82) is 0 Å². The van der Waals surface area contributed by atoms with Crippen molar-refractivity contribution in [1.82, 2.24) is 0 Å². The van der Waals surface area contributed by atoms with E-state index < -0.39 is 24.0 Å². The number of benzene rings is 3. The molecule has 0 aromatic heterocycles. The van der Waals surface area contributed by atoms with Gasteiger partial charge in [0.25, 0.3) is 0 Å². The van der Waals surface area contributed by atoms with Crippen molar-refractivity contribution < 1.29 is 27.0 Å². The zero-order chi connectivity index (χ0) is 32.7. The van der Waals surface area contributed by atoms with Gasteiger partial charge in [-0.25, -0.2) is 8.78 Å². The average Bonchev–Trinajstić information content (AvgIpc) is 3.09. The van der Waals surface area contributed by atoms with E-state index in [1.807, 2.05) is 30.3 Å². The van der Waals surface area contributed by atoms with Crippen molar-refractivity contribution in [3.63, 3.8) is 0 Å². The van der Waals surface area contributed by atoms with Gasteiger partial charge in [-0.15, -0.1) is 6.58 Å².